The van der Waals surface area contributed by atoms with Gasteiger partial charge in [0.1, 0.15) is 0 Å². The second-order valence-electron chi connectivity index (χ2n) is 6.54. The van der Waals surface area contributed by atoms with E-state index in [1.165, 1.54) is 0 Å². The lowest BCUT2D eigenvalue weighted by Gasteiger charge is -2.15. The van der Waals surface area contributed by atoms with E-state index in [-0.39, 0.29) is 12.2 Å². The minimum absolute atomic E-state index is 0.00353. The van der Waals surface area contributed by atoms with E-state index >= 15 is 0 Å². The molecule has 1 aromatic heterocycles. The van der Waals surface area contributed by atoms with Crippen LogP contribution in [0.2, 0.25) is 5.02 Å². The first-order valence-corrected chi connectivity index (χ1v) is 10.6. The second-order valence-corrected chi connectivity index (χ2v) is 8.76. The van der Waals surface area contributed by atoms with Gasteiger partial charge >= 0.3 is 0 Å². The number of benzene rings is 1. The average molecular weight is 405 g/mol. The smallest absolute Gasteiger partial charge is 0.215 e. The maximum Gasteiger partial charge on any atom is 0.215 e. The van der Waals surface area contributed by atoms with Gasteiger partial charge in [0, 0.05) is 22.7 Å². The molecule has 0 radical (unpaired) electrons. The molecule has 0 saturated heterocycles. The number of rotatable bonds is 5. The first-order valence-electron chi connectivity index (χ1n) is 8.64. The zero-order chi connectivity index (χ0) is 19.8. The molecule has 0 saturated carbocycles. The Bertz CT molecular complexity index is 1050. The van der Waals surface area contributed by atoms with E-state index in [9.17, 15) is 13.2 Å². The molecular formula is C20H21ClN2O3S. The number of aromatic amines is 1. The Morgan fingerprint density at radius 1 is 1.30 bits per heavy atom. The van der Waals surface area contributed by atoms with Crippen LogP contribution in [0.15, 0.2) is 42.5 Å². The molecule has 0 spiro atoms. The average Bonchev–Trinajstić information content (AvgIpc) is 2.98. The summed E-state index contributed by atoms with van der Waals surface area (Å²) in [7, 11) is -3.63. The molecule has 7 heteroatoms. The van der Waals surface area contributed by atoms with Crippen molar-refractivity contribution >= 4 is 33.0 Å². The predicted octanol–water partition coefficient (Wildman–Crippen LogP) is 4.24. The molecule has 0 aliphatic heterocycles. The molecule has 1 aliphatic rings. The molecule has 1 unspecified atom stereocenters. The van der Waals surface area contributed by atoms with E-state index in [4.69, 9.17) is 16.7 Å². The lowest BCUT2D eigenvalue weighted by Crippen LogP contribution is -2.27. The summed E-state index contributed by atoms with van der Waals surface area (Å²) in [6.45, 7) is 3.76. The first-order chi connectivity index (χ1) is 12.7. The number of primary sulfonamides is 1. The normalized spacial score (nSPS) is 17.0. The summed E-state index contributed by atoms with van der Waals surface area (Å²) in [6, 6.07) is 7.39. The second kappa shape index (κ2) is 7.46. The highest BCUT2D eigenvalue weighted by molar-refractivity contribution is 7.89. The molecule has 142 valence electrons. The lowest BCUT2D eigenvalue weighted by atomic mass is 9.93. The zero-order valence-electron chi connectivity index (χ0n) is 15.1. The number of carbonyl (C=O) groups excluding carboxylic acids is 1. The Kier molecular flexibility index (Phi) is 5.42. The Morgan fingerprint density at radius 3 is 2.48 bits per heavy atom. The number of nitrogens with two attached hydrogens (primary N) is 1. The monoisotopic (exact) mass is 404 g/mol. The molecule has 1 atom stereocenters. The Labute approximate surface area is 164 Å². The maximum atomic E-state index is 12.5. The van der Waals surface area contributed by atoms with Crippen molar-refractivity contribution in [1.82, 2.24) is 4.98 Å². The summed E-state index contributed by atoms with van der Waals surface area (Å²) in [6.07, 6.45) is 5.78. The highest BCUT2D eigenvalue weighted by atomic mass is 35.5. The Balaban J connectivity index is 2.10. The summed E-state index contributed by atoms with van der Waals surface area (Å²) in [5, 5.41) is 5.14. The van der Waals surface area contributed by atoms with Crippen LogP contribution >= 0.6 is 11.6 Å². The van der Waals surface area contributed by atoms with Crippen molar-refractivity contribution in [3.05, 3.63) is 64.3 Å². The van der Waals surface area contributed by atoms with Crippen molar-refractivity contribution < 1.29 is 13.2 Å². The van der Waals surface area contributed by atoms with Gasteiger partial charge in [-0.1, -0.05) is 48.9 Å². The van der Waals surface area contributed by atoms with Crippen LogP contribution < -0.4 is 5.14 Å². The SMILES string of the molecule is CCC(=O)c1[nH]c(-c2ccc(Cl)cc2)c(C)c1C1=CCC(S(N)(=O)=O)C=C1. The standard InChI is InChI=1S/C20H21ClN2O3S/c1-3-17(24)20-18(13-6-10-16(11-7-13)27(22,25)26)12(2)19(23-20)14-4-8-15(21)9-5-14/h4-10,16,23H,3,11H2,1-2H3,(H2,22,25,26). The number of hydrogen-bond acceptors (Lipinski definition) is 3. The number of allylic oxidation sites excluding steroid dienone is 3. The van der Waals surface area contributed by atoms with Gasteiger partial charge < -0.3 is 4.98 Å². The van der Waals surface area contributed by atoms with E-state index in [0.29, 0.717) is 17.1 Å². The molecule has 0 amide bonds. The fourth-order valence-electron chi connectivity index (χ4n) is 3.28. The van der Waals surface area contributed by atoms with E-state index in [1.807, 2.05) is 32.1 Å². The molecular weight excluding hydrogens is 384 g/mol. The number of H-pyrrole nitrogens is 1. The van der Waals surface area contributed by atoms with Gasteiger partial charge in [0.05, 0.1) is 10.9 Å². The van der Waals surface area contributed by atoms with Crippen molar-refractivity contribution in [2.45, 2.75) is 31.9 Å². The van der Waals surface area contributed by atoms with Gasteiger partial charge in [-0.25, -0.2) is 13.6 Å². The van der Waals surface area contributed by atoms with Crippen LogP contribution in [0, 0.1) is 6.92 Å². The Hall–Kier alpha value is -2.15. The summed E-state index contributed by atoms with van der Waals surface area (Å²) >= 11 is 5.98. The molecule has 27 heavy (non-hydrogen) atoms. The van der Waals surface area contributed by atoms with Crippen LogP contribution in [0.1, 0.15) is 41.4 Å². The number of aromatic nitrogens is 1. The van der Waals surface area contributed by atoms with Gasteiger partial charge in [-0.3, -0.25) is 4.79 Å². The van der Waals surface area contributed by atoms with Gasteiger partial charge in [0.25, 0.3) is 0 Å². The number of ketones is 1. The van der Waals surface area contributed by atoms with E-state index in [2.05, 4.69) is 4.98 Å². The fourth-order valence-corrected chi connectivity index (χ4v) is 4.06. The molecule has 0 bridgehead atoms. The van der Waals surface area contributed by atoms with E-state index in [1.54, 1.807) is 24.3 Å². The number of sulfonamides is 1. The van der Waals surface area contributed by atoms with Gasteiger partial charge in [0.2, 0.25) is 10.0 Å². The van der Waals surface area contributed by atoms with Gasteiger partial charge in [0.15, 0.2) is 5.78 Å². The van der Waals surface area contributed by atoms with Crippen LogP contribution in [0.5, 0.6) is 0 Å². The van der Waals surface area contributed by atoms with Gasteiger partial charge in [-0.2, -0.15) is 0 Å². The fraction of sp³-hybridized carbons (Fsp3) is 0.250. The summed E-state index contributed by atoms with van der Waals surface area (Å²) in [4.78, 5) is 15.8. The molecule has 1 aromatic carbocycles. The molecule has 1 aliphatic carbocycles. The highest BCUT2D eigenvalue weighted by Crippen LogP contribution is 2.35. The minimum atomic E-state index is -3.63. The molecule has 1 heterocycles. The number of Topliss-reactive ketones (excluding diaryl/α,β-unsaturated/α-hetero) is 1. The quantitative estimate of drug-likeness (QED) is 0.730. The van der Waals surface area contributed by atoms with Crippen LogP contribution in [-0.4, -0.2) is 24.4 Å². The van der Waals surface area contributed by atoms with Crippen LogP contribution in [0.3, 0.4) is 0 Å². The number of nitrogens with one attached hydrogen (secondary N) is 1. The topological polar surface area (TPSA) is 93.0 Å². The van der Waals surface area contributed by atoms with Crippen molar-refractivity contribution in [3.63, 3.8) is 0 Å². The lowest BCUT2D eigenvalue weighted by molar-refractivity contribution is 0.0983. The van der Waals surface area contributed by atoms with Crippen LogP contribution in [-0.2, 0) is 10.0 Å². The minimum Gasteiger partial charge on any atom is -0.351 e. The molecule has 0 fully saturated rings. The van der Waals surface area contributed by atoms with Gasteiger partial charge in [-0.15, -0.1) is 0 Å². The van der Waals surface area contributed by atoms with Gasteiger partial charge in [-0.05, 0) is 42.2 Å². The third kappa shape index (κ3) is 3.93. The maximum absolute atomic E-state index is 12.5. The largest absolute Gasteiger partial charge is 0.351 e. The molecule has 2 aromatic rings. The molecule has 3 rings (SSSR count). The van der Waals surface area contributed by atoms with Crippen molar-refractivity contribution in [3.8, 4) is 11.3 Å². The predicted molar refractivity (Wildman–Crippen MR) is 109 cm³/mol. The number of halogens is 1. The molecule has 5 nitrogen and oxygen atoms in total. The third-order valence-electron chi connectivity index (χ3n) is 4.75. The van der Waals surface area contributed by atoms with E-state index < -0.39 is 15.3 Å². The van der Waals surface area contributed by atoms with Crippen molar-refractivity contribution in [2.75, 3.05) is 0 Å². The summed E-state index contributed by atoms with van der Waals surface area (Å²) < 4.78 is 23.1. The molecule has 3 N–H and O–H groups in total. The first kappa shape index (κ1) is 19.6. The highest BCUT2D eigenvalue weighted by Gasteiger charge is 2.25. The zero-order valence-corrected chi connectivity index (χ0v) is 16.7. The number of carbonyl (C=O) groups is 1. The van der Waals surface area contributed by atoms with Crippen molar-refractivity contribution in [1.29, 1.82) is 0 Å². The van der Waals surface area contributed by atoms with Crippen LogP contribution in [0.4, 0.5) is 0 Å². The Morgan fingerprint density at radius 2 is 1.96 bits per heavy atom. The third-order valence-corrected chi connectivity index (χ3v) is 6.20. The van der Waals surface area contributed by atoms with Crippen molar-refractivity contribution in [2.24, 2.45) is 5.14 Å². The number of hydrogen-bond donors (Lipinski definition) is 2. The van der Waals surface area contributed by atoms with E-state index in [0.717, 1.165) is 28.0 Å². The van der Waals surface area contributed by atoms with Crippen LogP contribution in [0.25, 0.3) is 16.8 Å². The summed E-state index contributed by atoms with van der Waals surface area (Å²) in [5.41, 5.74) is 4.86. The summed E-state index contributed by atoms with van der Waals surface area (Å²) in [5.74, 6) is -0.00353.